The van der Waals surface area contributed by atoms with Gasteiger partial charge in [0.15, 0.2) is 0 Å². The zero-order valence-corrected chi connectivity index (χ0v) is 16.3. The second kappa shape index (κ2) is 10.9. The van der Waals surface area contributed by atoms with Crippen molar-refractivity contribution in [2.24, 2.45) is 11.8 Å². The number of rotatable bonds is 9. The number of benzene rings is 2. The summed E-state index contributed by atoms with van der Waals surface area (Å²) in [6.45, 7) is 5.34. The number of amides is 1. The Labute approximate surface area is 166 Å². The molecule has 6 heteroatoms. The standard InChI is InChI=1S/C21H26N2O3.ClH/c1-16(18-13-22-14-18)21(24)23-19-7-5-6-17(12-19)15-25-10-11-26-20-8-3-2-4-9-20;/h2-9,12,16,18,22H,10-11,13-15H2,1H3,(H,23,24);1H. The molecular formula is C21H27ClN2O3. The molecule has 0 aliphatic carbocycles. The summed E-state index contributed by atoms with van der Waals surface area (Å²) in [6, 6.07) is 17.5. The minimum absolute atomic E-state index is 0. The van der Waals surface area contributed by atoms with Gasteiger partial charge in [0.2, 0.25) is 5.91 Å². The molecule has 1 heterocycles. The van der Waals surface area contributed by atoms with E-state index >= 15 is 0 Å². The van der Waals surface area contributed by atoms with E-state index in [2.05, 4.69) is 10.6 Å². The molecule has 1 amide bonds. The summed E-state index contributed by atoms with van der Waals surface area (Å²) >= 11 is 0. The molecule has 2 aromatic rings. The first-order valence-electron chi connectivity index (χ1n) is 9.08. The minimum atomic E-state index is 0. The predicted octanol–water partition coefficient (Wildman–Crippen LogP) is 3.50. The summed E-state index contributed by atoms with van der Waals surface area (Å²) in [5, 5.41) is 6.21. The van der Waals surface area contributed by atoms with Gasteiger partial charge in [-0.2, -0.15) is 0 Å². The molecule has 5 nitrogen and oxygen atoms in total. The minimum Gasteiger partial charge on any atom is -0.491 e. The Morgan fingerprint density at radius 1 is 1.15 bits per heavy atom. The Hall–Kier alpha value is -2.08. The molecule has 0 spiro atoms. The molecule has 1 fully saturated rings. The van der Waals surface area contributed by atoms with Gasteiger partial charge < -0.3 is 20.1 Å². The van der Waals surface area contributed by atoms with Crippen LogP contribution in [0.5, 0.6) is 5.75 Å². The van der Waals surface area contributed by atoms with Crippen LogP contribution in [0.1, 0.15) is 12.5 Å². The zero-order valence-electron chi connectivity index (χ0n) is 15.5. The van der Waals surface area contributed by atoms with Crippen molar-refractivity contribution in [3.05, 3.63) is 60.2 Å². The lowest BCUT2D eigenvalue weighted by Crippen LogP contribution is -2.48. The van der Waals surface area contributed by atoms with Gasteiger partial charge in [-0.25, -0.2) is 0 Å². The number of para-hydroxylation sites is 1. The number of halogens is 1. The van der Waals surface area contributed by atoms with E-state index in [1.165, 1.54) is 0 Å². The van der Waals surface area contributed by atoms with E-state index < -0.39 is 0 Å². The van der Waals surface area contributed by atoms with Crippen LogP contribution in [-0.2, 0) is 16.1 Å². The van der Waals surface area contributed by atoms with Crippen molar-refractivity contribution in [1.29, 1.82) is 0 Å². The molecule has 1 saturated heterocycles. The molecule has 1 aliphatic rings. The van der Waals surface area contributed by atoms with Crippen molar-refractivity contribution in [2.45, 2.75) is 13.5 Å². The summed E-state index contributed by atoms with van der Waals surface area (Å²) in [5.41, 5.74) is 1.84. The van der Waals surface area contributed by atoms with E-state index in [-0.39, 0.29) is 24.2 Å². The number of hydrogen-bond acceptors (Lipinski definition) is 4. The number of carbonyl (C=O) groups is 1. The van der Waals surface area contributed by atoms with Crippen molar-refractivity contribution in [3.8, 4) is 5.75 Å². The SMILES string of the molecule is CC(C(=O)Nc1cccc(COCCOc2ccccc2)c1)C1CNC1.Cl. The van der Waals surface area contributed by atoms with Gasteiger partial charge in [-0.1, -0.05) is 37.3 Å². The summed E-state index contributed by atoms with van der Waals surface area (Å²) in [6.07, 6.45) is 0. The Balaban J connectivity index is 0.00000261. The van der Waals surface area contributed by atoms with Crippen molar-refractivity contribution in [1.82, 2.24) is 5.32 Å². The van der Waals surface area contributed by atoms with Crippen LogP contribution in [0.4, 0.5) is 5.69 Å². The van der Waals surface area contributed by atoms with Gasteiger partial charge in [0.25, 0.3) is 0 Å². The Kier molecular flexibility index (Phi) is 8.58. The normalized spacial score (nSPS) is 14.6. The highest BCUT2D eigenvalue weighted by atomic mass is 35.5. The first-order valence-corrected chi connectivity index (χ1v) is 9.08. The Bertz CT molecular complexity index is 708. The van der Waals surface area contributed by atoms with E-state index in [1.54, 1.807) is 0 Å². The van der Waals surface area contributed by atoms with Crippen molar-refractivity contribution < 1.29 is 14.3 Å². The highest BCUT2D eigenvalue weighted by molar-refractivity contribution is 5.92. The summed E-state index contributed by atoms with van der Waals surface area (Å²) < 4.78 is 11.3. The maximum atomic E-state index is 12.3. The smallest absolute Gasteiger partial charge is 0.227 e. The summed E-state index contributed by atoms with van der Waals surface area (Å²) in [5.74, 6) is 1.37. The van der Waals surface area contributed by atoms with E-state index in [0.29, 0.717) is 25.7 Å². The second-order valence-corrected chi connectivity index (χ2v) is 6.61. The monoisotopic (exact) mass is 390 g/mol. The molecule has 2 aromatic carbocycles. The third-order valence-electron chi connectivity index (χ3n) is 4.64. The van der Waals surface area contributed by atoms with Gasteiger partial charge in [0.1, 0.15) is 12.4 Å². The number of nitrogens with one attached hydrogen (secondary N) is 2. The molecule has 0 bridgehead atoms. The van der Waals surface area contributed by atoms with E-state index in [0.717, 1.165) is 30.1 Å². The fourth-order valence-corrected chi connectivity index (χ4v) is 2.80. The van der Waals surface area contributed by atoms with E-state index in [4.69, 9.17) is 9.47 Å². The second-order valence-electron chi connectivity index (χ2n) is 6.61. The van der Waals surface area contributed by atoms with Crippen molar-refractivity contribution in [3.63, 3.8) is 0 Å². The number of hydrogen-bond donors (Lipinski definition) is 2. The van der Waals surface area contributed by atoms with Gasteiger partial charge in [0.05, 0.1) is 13.2 Å². The van der Waals surface area contributed by atoms with Crippen LogP contribution < -0.4 is 15.4 Å². The van der Waals surface area contributed by atoms with Gasteiger partial charge in [-0.3, -0.25) is 4.79 Å². The van der Waals surface area contributed by atoms with Crippen molar-refractivity contribution >= 4 is 24.0 Å². The largest absolute Gasteiger partial charge is 0.491 e. The Morgan fingerprint density at radius 3 is 2.63 bits per heavy atom. The van der Waals surface area contributed by atoms with Crippen LogP contribution in [0.25, 0.3) is 0 Å². The lowest BCUT2D eigenvalue weighted by molar-refractivity contribution is -0.121. The maximum absolute atomic E-state index is 12.3. The molecule has 0 aromatic heterocycles. The highest BCUT2D eigenvalue weighted by Gasteiger charge is 2.28. The molecule has 1 atom stereocenters. The van der Waals surface area contributed by atoms with Gasteiger partial charge in [-0.05, 0) is 48.8 Å². The van der Waals surface area contributed by atoms with Crippen LogP contribution in [0.2, 0.25) is 0 Å². The first-order chi connectivity index (χ1) is 12.7. The number of anilines is 1. The number of carbonyl (C=O) groups excluding carboxylic acids is 1. The predicted molar refractivity (Wildman–Crippen MR) is 109 cm³/mol. The Morgan fingerprint density at radius 2 is 1.93 bits per heavy atom. The average Bonchev–Trinajstić information content (AvgIpc) is 2.61. The molecule has 0 radical (unpaired) electrons. The van der Waals surface area contributed by atoms with E-state index in [1.807, 2.05) is 61.5 Å². The van der Waals surface area contributed by atoms with Gasteiger partial charge >= 0.3 is 0 Å². The van der Waals surface area contributed by atoms with Crippen LogP contribution >= 0.6 is 12.4 Å². The van der Waals surface area contributed by atoms with Gasteiger partial charge in [0, 0.05) is 11.6 Å². The van der Waals surface area contributed by atoms with Crippen molar-refractivity contribution in [2.75, 3.05) is 31.6 Å². The number of ether oxygens (including phenoxy) is 2. The topological polar surface area (TPSA) is 59.6 Å². The van der Waals surface area contributed by atoms with Crippen LogP contribution in [0.3, 0.4) is 0 Å². The van der Waals surface area contributed by atoms with E-state index in [9.17, 15) is 4.79 Å². The quantitative estimate of drug-likeness (QED) is 0.643. The van der Waals surface area contributed by atoms with Crippen LogP contribution in [0, 0.1) is 11.8 Å². The molecule has 27 heavy (non-hydrogen) atoms. The summed E-state index contributed by atoms with van der Waals surface area (Å²) in [7, 11) is 0. The fraction of sp³-hybridized carbons (Fsp3) is 0.381. The van der Waals surface area contributed by atoms with Crippen LogP contribution in [-0.4, -0.2) is 32.2 Å². The highest BCUT2D eigenvalue weighted by Crippen LogP contribution is 2.19. The molecule has 1 aliphatic heterocycles. The molecular weight excluding hydrogens is 364 g/mol. The van der Waals surface area contributed by atoms with Crippen LogP contribution in [0.15, 0.2) is 54.6 Å². The third-order valence-corrected chi connectivity index (χ3v) is 4.64. The maximum Gasteiger partial charge on any atom is 0.227 e. The summed E-state index contributed by atoms with van der Waals surface area (Å²) in [4.78, 5) is 12.3. The zero-order chi connectivity index (χ0) is 18.2. The lowest BCUT2D eigenvalue weighted by Gasteiger charge is -2.31. The average molecular weight is 391 g/mol. The molecule has 2 N–H and O–H groups in total. The molecule has 3 rings (SSSR count). The third kappa shape index (κ3) is 6.54. The molecule has 1 unspecified atom stereocenters. The fourth-order valence-electron chi connectivity index (χ4n) is 2.80. The first kappa shape index (κ1) is 21.2. The van der Waals surface area contributed by atoms with Gasteiger partial charge in [-0.15, -0.1) is 12.4 Å². The molecule has 0 saturated carbocycles. The lowest BCUT2D eigenvalue weighted by atomic mass is 9.88. The molecule has 146 valence electrons.